The molecule has 0 saturated heterocycles. The van der Waals surface area contributed by atoms with Gasteiger partial charge in [-0.3, -0.25) is 4.79 Å². The molecule has 0 unspecified atom stereocenters. The Bertz CT molecular complexity index is 881. The molecular weight excluding hydrogens is 337 g/mol. The van der Waals surface area contributed by atoms with Crippen LogP contribution in [0.25, 0.3) is 11.0 Å². The maximum Gasteiger partial charge on any atom is 0.234 e. The average molecular weight is 350 g/mol. The van der Waals surface area contributed by atoms with E-state index in [4.69, 9.17) is 11.6 Å². The zero-order valence-electron chi connectivity index (χ0n) is 12.2. The van der Waals surface area contributed by atoms with Crippen LogP contribution < -0.4 is 5.32 Å². The minimum absolute atomic E-state index is 0.0725. The second-order valence-corrected chi connectivity index (χ2v) is 6.42. The smallest absolute Gasteiger partial charge is 0.234 e. The van der Waals surface area contributed by atoms with E-state index in [-0.39, 0.29) is 17.3 Å². The van der Waals surface area contributed by atoms with Gasteiger partial charge in [0.1, 0.15) is 5.82 Å². The van der Waals surface area contributed by atoms with E-state index in [1.165, 1.54) is 30.0 Å². The fourth-order valence-electron chi connectivity index (χ4n) is 2.08. The molecule has 0 bridgehead atoms. The number of aromatic nitrogens is 2. The van der Waals surface area contributed by atoms with Crippen molar-refractivity contribution in [2.24, 2.45) is 0 Å². The van der Waals surface area contributed by atoms with Gasteiger partial charge in [0.25, 0.3) is 0 Å². The molecule has 0 fully saturated rings. The van der Waals surface area contributed by atoms with E-state index < -0.39 is 5.82 Å². The van der Waals surface area contributed by atoms with Crippen molar-refractivity contribution in [3.05, 3.63) is 52.8 Å². The number of fused-ring (bicyclic) bond motifs is 1. The Labute approximate surface area is 141 Å². The Morgan fingerprint density at radius 1 is 1.35 bits per heavy atom. The van der Waals surface area contributed by atoms with E-state index in [0.29, 0.717) is 10.2 Å². The summed E-state index contributed by atoms with van der Waals surface area (Å²) >= 11 is 7.05. The van der Waals surface area contributed by atoms with Crippen molar-refractivity contribution >= 4 is 46.0 Å². The number of H-pyrrole nitrogens is 1. The topological polar surface area (TPSA) is 57.8 Å². The summed E-state index contributed by atoms with van der Waals surface area (Å²) in [7, 11) is 0. The number of hydrogen-bond acceptors (Lipinski definition) is 3. The SMILES string of the molecule is Cc1ccc2nc(SCC(=O)Nc3cc(Cl)ccc3F)[nH]c2c1. The molecule has 23 heavy (non-hydrogen) atoms. The van der Waals surface area contributed by atoms with Crippen LogP contribution in [-0.2, 0) is 4.79 Å². The molecule has 7 heteroatoms. The lowest BCUT2D eigenvalue weighted by Gasteiger charge is -2.05. The molecule has 1 amide bonds. The number of halogens is 2. The number of thioether (sulfide) groups is 1. The van der Waals surface area contributed by atoms with Crippen LogP contribution in [0.3, 0.4) is 0 Å². The van der Waals surface area contributed by atoms with Gasteiger partial charge in [-0.05, 0) is 42.8 Å². The summed E-state index contributed by atoms with van der Waals surface area (Å²) in [5, 5.41) is 3.51. The fourth-order valence-corrected chi connectivity index (χ4v) is 2.94. The molecule has 0 aliphatic heterocycles. The van der Waals surface area contributed by atoms with Crippen LogP contribution in [0.2, 0.25) is 5.02 Å². The Hall–Kier alpha value is -2.05. The number of aromatic amines is 1. The minimum atomic E-state index is -0.521. The van der Waals surface area contributed by atoms with Crippen molar-refractivity contribution < 1.29 is 9.18 Å². The van der Waals surface area contributed by atoms with Gasteiger partial charge in [0, 0.05) is 5.02 Å². The Morgan fingerprint density at radius 2 is 2.17 bits per heavy atom. The molecule has 4 nitrogen and oxygen atoms in total. The van der Waals surface area contributed by atoms with Gasteiger partial charge in [-0.2, -0.15) is 0 Å². The number of benzene rings is 2. The van der Waals surface area contributed by atoms with Crippen LogP contribution in [0.4, 0.5) is 10.1 Å². The first kappa shape index (κ1) is 15.8. The number of carbonyl (C=O) groups excluding carboxylic acids is 1. The van der Waals surface area contributed by atoms with Crippen molar-refractivity contribution in [1.29, 1.82) is 0 Å². The summed E-state index contributed by atoms with van der Waals surface area (Å²) in [5.74, 6) is -0.732. The zero-order chi connectivity index (χ0) is 16.4. The second-order valence-electron chi connectivity index (χ2n) is 5.02. The summed E-state index contributed by atoms with van der Waals surface area (Å²) in [4.78, 5) is 19.5. The molecular formula is C16H13ClFN3OS. The lowest BCUT2D eigenvalue weighted by atomic mass is 10.2. The third kappa shape index (κ3) is 3.83. The van der Waals surface area contributed by atoms with Crippen LogP contribution in [0.5, 0.6) is 0 Å². The highest BCUT2D eigenvalue weighted by Gasteiger charge is 2.10. The number of imidazole rings is 1. The molecule has 2 aromatic carbocycles. The third-order valence-electron chi connectivity index (χ3n) is 3.16. The Balaban J connectivity index is 1.64. The summed E-state index contributed by atoms with van der Waals surface area (Å²) in [6.07, 6.45) is 0. The Kier molecular flexibility index (Phi) is 4.54. The van der Waals surface area contributed by atoms with E-state index in [0.717, 1.165) is 16.6 Å². The van der Waals surface area contributed by atoms with Crippen LogP contribution >= 0.6 is 23.4 Å². The number of carbonyl (C=O) groups is 1. The van der Waals surface area contributed by atoms with Crippen molar-refractivity contribution in [2.45, 2.75) is 12.1 Å². The maximum absolute atomic E-state index is 13.6. The van der Waals surface area contributed by atoms with E-state index in [2.05, 4.69) is 15.3 Å². The van der Waals surface area contributed by atoms with Gasteiger partial charge in [0.05, 0.1) is 22.5 Å². The fraction of sp³-hybridized carbons (Fsp3) is 0.125. The lowest BCUT2D eigenvalue weighted by Crippen LogP contribution is -2.15. The van der Waals surface area contributed by atoms with E-state index >= 15 is 0 Å². The molecule has 1 aromatic heterocycles. The first-order valence-corrected chi connectivity index (χ1v) is 8.22. The molecule has 2 N–H and O–H groups in total. The molecule has 0 spiro atoms. The van der Waals surface area contributed by atoms with Gasteiger partial charge in [0.2, 0.25) is 5.91 Å². The van der Waals surface area contributed by atoms with Crippen molar-refractivity contribution in [2.75, 3.05) is 11.1 Å². The molecule has 0 atom stereocenters. The van der Waals surface area contributed by atoms with Crippen LogP contribution in [0.15, 0.2) is 41.6 Å². The van der Waals surface area contributed by atoms with Gasteiger partial charge in [-0.25, -0.2) is 9.37 Å². The number of amides is 1. The van der Waals surface area contributed by atoms with E-state index in [9.17, 15) is 9.18 Å². The van der Waals surface area contributed by atoms with Gasteiger partial charge in [0.15, 0.2) is 5.16 Å². The summed E-state index contributed by atoms with van der Waals surface area (Å²) in [6.45, 7) is 2.00. The molecule has 0 aliphatic rings. The van der Waals surface area contributed by atoms with Crippen molar-refractivity contribution in [3.63, 3.8) is 0 Å². The van der Waals surface area contributed by atoms with Gasteiger partial charge in [-0.15, -0.1) is 0 Å². The molecule has 3 rings (SSSR count). The molecule has 0 aliphatic carbocycles. The number of nitrogens with one attached hydrogen (secondary N) is 2. The molecule has 0 radical (unpaired) electrons. The molecule has 1 heterocycles. The summed E-state index contributed by atoms with van der Waals surface area (Å²) in [5.41, 5.74) is 2.98. The number of rotatable bonds is 4. The molecule has 3 aromatic rings. The standard InChI is InChI=1S/C16H13ClFN3OS/c1-9-2-5-12-14(6-9)21-16(20-12)23-8-15(22)19-13-7-10(17)3-4-11(13)18/h2-7H,8H2,1H3,(H,19,22)(H,20,21). The van der Waals surface area contributed by atoms with Crippen molar-refractivity contribution in [3.8, 4) is 0 Å². The monoisotopic (exact) mass is 349 g/mol. The normalized spacial score (nSPS) is 10.9. The predicted molar refractivity (Wildman–Crippen MR) is 91.6 cm³/mol. The van der Waals surface area contributed by atoms with Crippen molar-refractivity contribution in [1.82, 2.24) is 9.97 Å². The van der Waals surface area contributed by atoms with Crippen LogP contribution in [0.1, 0.15) is 5.56 Å². The molecule has 0 saturated carbocycles. The zero-order valence-corrected chi connectivity index (χ0v) is 13.8. The quantitative estimate of drug-likeness (QED) is 0.686. The average Bonchev–Trinajstić information content (AvgIpc) is 2.91. The van der Waals surface area contributed by atoms with Crippen LogP contribution in [-0.4, -0.2) is 21.6 Å². The van der Waals surface area contributed by atoms with Gasteiger partial charge < -0.3 is 10.3 Å². The number of aryl methyl sites for hydroxylation is 1. The third-order valence-corrected chi connectivity index (χ3v) is 4.27. The highest BCUT2D eigenvalue weighted by Crippen LogP contribution is 2.22. The second kappa shape index (κ2) is 6.60. The number of nitrogens with zero attached hydrogens (tertiary/aromatic N) is 1. The first-order valence-electron chi connectivity index (χ1n) is 6.85. The summed E-state index contributed by atoms with van der Waals surface area (Å²) < 4.78 is 13.6. The van der Waals surface area contributed by atoms with E-state index in [1.807, 2.05) is 25.1 Å². The lowest BCUT2D eigenvalue weighted by molar-refractivity contribution is -0.113. The highest BCUT2D eigenvalue weighted by molar-refractivity contribution is 7.99. The maximum atomic E-state index is 13.6. The number of hydrogen-bond donors (Lipinski definition) is 2. The molecule has 118 valence electrons. The van der Waals surface area contributed by atoms with Crippen LogP contribution in [0, 0.1) is 12.7 Å². The predicted octanol–water partition coefficient (Wildman–Crippen LogP) is 4.39. The summed E-state index contributed by atoms with van der Waals surface area (Å²) in [6, 6.07) is 9.92. The largest absolute Gasteiger partial charge is 0.333 e. The number of anilines is 1. The first-order chi connectivity index (χ1) is 11.0. The Morgan fingerprint density at radius 3 is 3.00 bits per heavy atom. The van der Waals surface area contributed by atoms with Gasteiger partial charge >= 0.3 is 0 Å². The van der Waals surface area contributed by atoms with Gasteiger partial charge in [-0.1, -0.05) is 29.4 Å². The van der Waals surface area contributed by atoms with E-state index in [1.54, 1.807) is 0 Å². The minimum Gasteiger partial charge on any atom is -0.333 e. The highest BCUT2D eigenvalue weighted by atomic mass is 35.5.